The lowest BCUT2D eigenvalue weighted by Crippen LogP contribution is -2.52. The fraction of sp³-hybridized carbons (Fsp3) is 0.636. The van der Waals surface area contributed by atoms with Crippen molar-refractivity contribution in [2.75, 3.05) is 6.54 Å². The van der Waals surface area contributed by atoms with Gasteiger partial charge >= 0.3 is 6.03 Å². The smallest absolute Gasteiger partial charge is 0.330 e. The highest BCUT2D eigenvalue weighted by molar-refractivity contribution is 6.14. The Morgan fingerprint density at radius 3 is 2.67 bits per heavy atom. The standard InChI is InChI=1S/C11H15N3O4/c15-8(12-7-3-4-7)2-1-5-14-10(17)6-9(16)13-11(14)18/h7H,1-6H2,(H,12,15)(H,13,16,18). The third kappa shape index (κ3) is 3.28. The molecule has 0 unspecified atom stereocenters. The fourth-order valence-electron chi connectivity index (χ4n) is 1.73. The average molecular weight is 253 g/mol. The molecule has 7 nitrogen and oxygen atoms in total. The van der Waals surface area contributed by atoms with Crippen LogP contribution in [0.15, 0.2) is 0 Å². The molecule has 7 heteroatoms. The van der Waals surface area contributed by atoms with Gasteiger partial charge in [0.2, 0.25) is 17.7 Å². The van der Waals surface area contributed by atoms with Gasteiger partial charge in [0, 0.05) is 19.0 Å². The van der Waals surface area contributed by atoms with Gasteiger partial charge in [0.1, 0.15) is 6.42 Å². The van der Waals surface area contributed by atoms with E-state index in [1.165, 1.54) is 0 Å². The lowest BCUT2D eigenvalue weighted by atomic mass is 10.2. The molecule has 1 aliphatic carbocycles. The lowest BCUT2D eigenvalue weighted by molar-refractivity contribution is -0.136. The van der Waals surface area contributed by atoms with Crippen LogP contribution in [0.5, 0.6) is 0 Å². The second kappa shape index (κ2) is 5.16. The summed E-state index contributed by atoms with van der Waals surface area (Å²) in [4.78, 5) is 46.0. The number of barbiturate groups is 1. The van der Waals surface area contributed by atoms with Gasteiger partial charge in [-0.25, -0.2) is 4.79 Å². The van der Waals surface area contributed by atoms with Gasteiger partial charge in [0.05, 0.1) is 0 Å². The van der Waals surface area contributed by atoms with Crippen molar-refractivity contribution >= 4 is 23.8 Å². The molecule has 0 aromatic carbocycles. The first-order chi connectivity index (χ1) is 8.56. The monoisotopic (exact) mass is 253 g/mol. The second-order valence-electron chi connectivity index (χ2n) is 4.52. The Hall–Kier alpha value is -1.92. The molecular weight excluding hydrogens is 238 g/mol. The Morgan fingerprint density at radius 1 is 1.33 bits per heavy atom. The maximum absolute atomic E-state index is 11.4. The van der Waals surface area contributed by atoms with Crippen LogP contribution in [0.25, 0.3) is 0 Å². The number of amides is 5. The first-order valence-corrected chi connectivity index (χ1v) is 6.00. The van der Waals surface area contributed by atoms with Gasteiger partial charge in [-0.3, -0.25) is 24.6 Å². The van der Waals surface area contributed by atoms with Gasteiger partial charge in [-0.15, -0.1) is 0 Å². The number of hydrogen-bond acceptors (Lipinski definition) is 4. The van der Waals surface area contributed by atoms with Gasteiger partial charge in [0.15, 0.2) is 0 Å². The molecule has 0 spiro atoms. The van der Waals surface area contributed by atoms with Crippen LogP contribution >= 0.6 is 0 Å². The van der Waals surface area contributed by atoms with Crippen molar-refractivity contribution in [2.24, 2.45) is 0 Å². The minimum absolute atomic E-state index is 0.0570. The van der Waals surface area contributed by atoms with E-state index in [2.05, 4.69) is 10.6 Å². The van der Waals surface area contributed by atoms with E-state index in [4.69, 9.17) is 0 Å². The lowest BCUT2D eigenvalue weighted by Gasteiger charge is -2.24. The molecule has 0 radical (unpaired) electrons. The molecule has 0 atom stereocenters. The van der Waals surface area contributed by atoms with Crippen LogP contribution in [0.4, 0.5) is 4.79 Å². The summed E-state index contributed by atoms with van der Waals surface area (Å²) in [7, 11) is 0. The number of carbonyl (C=O) groups is 4. The highest BCUT2D eigenvalue weighted by Gasteiger charge is 2.30. The maximum atomic E-state index is 11.4. The molecule has 2 rings (SSSR count). The zero-order valence-corrected chi connectivity index (χ0v) is 9.90. The number of nitrogens with one attached hydrogen (secondary N) is 2. The number of carbonyl (C=O) groups excluding carboxylic acids is 4. The summed E-state index contributed by atoms with van der Waals surface area (Å²) in [5, 5.41) is 4.89. The zero-order valence-electron chi connectivity index (χ0n) is 9.90. The number of nitrogens with zero attached hydrogens (tertiary/aromatic N) is 1. The summed E-state index contributed by atoms with van der Waals surface area (Å²) >= 11 is 0. The van der Waals surface area contributed by atoms with Gasteiger partial charge in [-0.05, 0) is 19.3 Å². The summed E-state index contributed by atoms with van der Waals surface area (Å²) in [5.74, 6) is -1.14. The Labute approximate surface area is 104 Å². The summed E-state index contributed by atoms with van der Waals surface area (Å²) in [6.45, 7) is 0.163. The topological polar surface area (TPSA) is 95.6 Å². The zero-order chi connectivity index (χ0) is 13.1. The summed E-state index contributed by atoms with van der Waals surface area (Å²) in [6, 6.07) is -0.381. The van der Waals surface area contributed by atoms with Crippen molar-refractivity contribution in [3.8, 4) is 0 Å². The van der Waals surface area contributed by atoms with Crippen molar-refractivity contribution in [3.63, 3.8) is 0 Å². The van der Waals surface area contributed by atoms with Crippen LogP contribution in [-0.2, 0) is 14.4 Å². The first kappa shape index (κ1) is 12.5. The third-order valence-electron chi connectivity index (χ3n) is 2.83. The van der Waals surface area contributed by atoms with Crippen molar-refractivity contribution in [2.45, 2.75) is 38.1 Å². The summed E-state index contributed by atoms with van der Waals surface area (Å²) < 4.78 is 0. The van der Waals surface area contributed by atoms with Crippen molar-refractivity contribution in [1.29, 1.82) is 0 Å². The Balaban J connectivity index is 1.71. The number of rotatable bonds is 5. The molecule has 2 fully saturated rings. The molecule has 0 aromatic rings. The van der Waals surface area contributed by atoms with Crippen molar-refractivity contribution in [3.05, 3.63) is 0 Å². The molecule has 2 aliphatic rings. The Bertz CT molecular complexity index is 383. The molecule has 18 heavy (non-hydrogen) atoms. The van der Waals surface area contributed by atoms with E-state index < -0.39 is 17.8 Å². The van der Waals surface area contributed by atoms with Gasteiger partial charge in [-0.1, -0.05) is 0 Å². The minimum atomic E-state index is -0.696. The number of hydrogen-bond donors (Lipinski definition) is 2. The fourth-order valence-corrected chi connectivity index (χ4v) is 1.73. The van der Waals surface area contributed by atoms with E-state index in [1.54, 1.807) is 0 Å². The molecule has 0 aromatic heterocycles. The molecule has 5 amide bonds. The van der Waals surface area contributed by atoms with Crippen LogP contribution in [0.3, 0.4) is 0 Å². The number of urea groups is 1. The predicted molar refractivity (Wildman–Crippen MR) is 60.3 cm³/mol. The van der Waals surface area contributed by atoms with E-state index >= 15 is 0 Å². The quantitative estimate of drug-likeness (QED) is 0.646. The average Bonchev–Trinajstić information content (AvgIpc) is 3.05. The molecule has 1 saturated heterocycles. The molecular formula is C11H15N3O4. The van der Waals surface area contributed by atoms with E-state index in [1.807, 2.05) is 0 Å². The SMILES string of the molecule is O=C1CC(=O)N(CCCC(=O)NC2CC2)C(=O)N1. The highest BCUT2D eigenvalue weighted by atomic mass is 16.2. The molecule has 0 bridgehead atoms. The van der Waals surface area contributed by atoms with Crippen LogP contribution < -0.4 is 10.6 Å². The Kier molecular flexibility index (Phi) is 3.59. The first-order valence-electron chi connectivity index (χ1n) is 6.00. The van der Waals surface area contributed by atoms with Crippen LogP contribution in [0.2, 0.25) is 0 Å². The molecule has 1 aliphatic heterocycles. The molecule has 1 saturated carbocycles. The van der Waals surface area contributed by atoms with Gasteiger partial charge in [0.25, 0.3) is 0 Å². The van der Waals surface area contributed by atoms with Crippen LogP contribution in [0.1, 0.15) is 32.1 Å². The normalized spacial score (nSPS) is 19.8. The van der Waals surface area contributed by atoms with E-state index in [9.17, 15) is 19.2 Å². The maximum Gasteiger partial charge on any atom is 0.330 e. The van der Waals surface area contributed by atoms with Crippen molar-refractivity contribution in [1.82, 2.24) is 15.5 Å². The van der Waals surface area contributed by atoms with E-state index in [-0.39, 0.29) is 25.3 Å². The number of imide groups is 2. The molecule has 98 valence electrons. The largest absolute Gasteiger partial charge is 0.353 e. The highest BCUT2D eigenvalue weighted by Crippen LogP contribution is 2.18. The minimum Gasteiger partial charge on any atom is -0.353 e. The van der Waals surface area contributed by atoms with Crippen molar-refractivity contribution < 1.29 is 19.2 Å². The Morgan fingerprint density at radius 2 is 2.06 bits per heavy atom. The van der Waals surface area contributed by atoms with Gasteiger partial charge < -0.3 is 5.32 Å². The second-order valence-corrected chi connectivity index (χ2v) is 4.52. The summed E-state index contributed by atoms with van der Waals surface area (Å²) in [5.41, 5.74) is 0. The van der Waals surface area contributed by atoms with E-state index in [0.717, 1.165) is 17.7 Å². The molecule has 2 N–H and O–H groups in total. The van der Waals surface area contributed by atoms with Crippen LogP contribution in [0, 0.1) is 0 Å². The van der Waals surface area contributed by atoms with E-state index in [0.29, 0.717) is 12.5 Å². The van der Waals surface area contributed by atoms with Crippen LogP contribution in [-0.4, -0.2) is 41.2 Å². The summed E-state index contributed by atoms with van der Waals surface area (Å²) in [6.07, 6.45) is 2.44. The predicted octanol–water partition coefficient (Wildman–Crippen LogP) is -0.486. The third-order valence-corrected chi connectivity index (χ3v) is 2.83. The molecule has 1 heterocycles. The van der Waals surface area contributed by atoms with Gasteiger partial charge in [-0.2, -0.15) is 0 Å².